The number of nitrogens with two attached hydrogens (primary N) is 1. The Balaban J connectivity index is 0.00000242. The molecule has 0 unspecified atom stereocenters. The van der Waals surface area contributed by atoms with Crippen molar-refractivity contribution in [3.8, 4) is 0 Å². The third-order valence-corrected chi connectivity index (χ3v) is 3.46. The zero-order valence-corrected chi connectivity index (χ0v) is 13.8. The average molecular weight is 319 g/mol. The normalized spacial score (nSPS) is 11.6. The maximum absolute atomic E-state index is 12.2. The predicted molar refractivity (Wildman–Crippen MR) is 94.5 cm³/mol. The molecule has 0 fully saturated rings. The van der Waals surface area contributed by atoms with Gasteiger partial charge >= 0.3 is 0 Å². The lowest BCUT2D eigenvalue weighted by molar-refractivity contribution is -0.117. The van der Waals surface area contributed by atoms with E-state index >= 15 is 0 Å². The van der Waals surface area contributed by atoms with E-state index in [0.29, 0.717) is 12.3 Å². The lowest BCUT2D eigenvalue weighted by Crippen LogP contribution is -2.37. The van der Waals surface area contributed by atoms with Gasteiger partial charge in [-0.15, -0.1) is 12.4 Å². The summed E-state index contributed by atoms with van der Waals surface area (Å²) in [4.78, 5) is 12.2. The molecule has 22 heavy (non-hydrogen) atoms. The number of carbonyl (C=O) groups excluding carboxylic acids is 1. The summed E-state index contributed by atoms with van der Waals surface area (Å²) in [5, 5.41) is 2.89. The maximum Gasteiger partial charge on any atom is 0.241 e. The molecule has 0 aliphatic carbocycles. The van der Waals surface area contributed by atoms with Gasteiger partial charge < -0.3 is 11.1 Å². The molecule has 0 aromatic heterocycles. The van der Waals surface area contributed by atoms with E-state index in [1.807, 2.05) is 48.5 Å². The average Bonchev–Trinajstić information content (AvgIpc) is 2.48. The first-order valence-electron chi connectivity index (χ1n) is 7.26. The topological polar surface area (TPSA) is 55.1 Å². The summed E-state index contributed by atoms with van der Waals surface area (Å²) in [5.41, 5.74) is 9.05. The predicted octanol–water partition coefficient (Wildman–Crippen LogP) is 3.74. The van der Waals surface area contributed by atoms with Crippen LogP contribution in [0.2, 0.25) is 0 Å². The second kappa shape index (κ2) is 8.57. The van der Waals surface area contributed by atoms with Crippen LogP contribution in [0, 0.1) is 0 Å². The Hall–Kier alpha value is -1.84. The number of amides is 1. The highest BCUT2D eigenvalue weighted by Crippen LogP contribution is 2.18. The molecular weight excluding hydrogens is 296 g/mol. The van der Waals surface area contributed by atoms with Crippen LogP contribution >= 0.6 is 12.4 Å². The highest BCUT2D eigenvalue weighted by molar-refractivity contribution is 5.94. The highest BCUT2D eigenvalue weighted by atomic mass is 35.5. The van der Waals surface area contributed by atoms with E-state index in [9.17, 15) is 4.79 Å². The van der Waals surface area contributed by atoms with Gasteiger partial charge in [0.05, 0.1) is 6.04 Å². The Morgan fingerprint density at radius 1 is 1.09 bits per heavy atom. The van der Waals surface area contributed by atoms with Gasteiger partial charge in [0.25, 0.3) is 0 Å². The summed E-state index contributed by atoms with van der Waals surface area (Å²) < 4.78 is 0. The number of hydrogen-bond acceptors (Lipinski definition) is 2. The van der Waals surface area contributed by atoms with Gasteiger partial charge in [-0.3, -0.25) is 4.79 Å². The number of hydrogen-bond donors (Lipinski definition) is 2. The van der Waals surface area contributed by atoms with Gasteiger partial charge in [0, 0.05) is 5.69 Å². The molecule has 0 heterocycles. The fourth-order valence-corrected chi connectivity index (χ4v) is 2.17. The maximum atomic E-state index is 12.2. The Morgan fingerprint density at radius 2 is 1.77 bits per heavy atom. The number of halogens is 1. The smallest absolute Gasteiger partial charge is 0.241 e. The zero-order valence-electron chi connectivity index (χ0n) is 13.0. The van der Waals surface area contributed by atoms with Crippen molar-refractivity contribution in [1.29, 1.82) is 0 Å². The van der Waals surface area contributed by atoms with Crippen molar-refractivity contribution >= 4 is 24.0 Å². The van der Waals surface area contributed by atoms with Crippen LogP contribution in [0.1, 0.15) is 30.9 Å². The molecule has 0 radical (unpaired) electrons. The molecule has 2 rings (SSSR count). The highest BCUT2D eigenvalue weighted by Gasteiger charge is 2.14. The molecule has 0 saturated heterocycles. The molecule has 118 valence electrons. The monoisotopic (exact) mass is 318 g/mol. The molecule has 2 aromatic carbocycles. The van der Waals surface area contributed by atoms with Gasteiger partial charge in [-0.05, 0) is 35.6 Å². The molecule has 0 spiro atoms. The standard InChI is InChI=1S/C18H22N2O.ClH/c1-13(2)15-9-6-10-16(12-15)20-18(21)17(19)11-14-7-4-3-5-8-14;/h3-10,12-13,17H,11,19H2,1-2H3,(H,20,21);1H/t17-;/m0./s1. The first-order chi connectivity index (χ1) is 10.1. The van der Waals surface area contributed by atoms with Crippen LogP contribution in [0.5, 0.6) is 0 Å². The quantitative estimate of drug-likeness (QED) is 0.882. The van der Waals surface area contributed by atoms with Crippen molar-refractivity contribution in [1.82, 2.24) is 0 Å². The van der Waals surface area contributed by atoms with Crippen molar-refractivity contribution in [2.24, 2.45) is 5.73 Å². The van der Waals surface area contributed by atoms with Gasteiger partial charge in [-0.25, -0.2) is 0 Å². The first-order valence-corrected chi connectivity index (χ1v) is 7.26. The fourth-order valence-electron chi connectivity index (χ4n) is 2.17. The fraction of sp³-hybridized carbons (Fsp3) is 0.278. The van der Waals surface area contributed by atoms with Crippen molar-refractivity contribution in [2.75, 3.05) is 5.32 Å². The molecule has 1 atom stereocenters. The minimum atomic E-state index is -0.546. The van der Waals surface area contributed by atoms with Crippen LogP contribution < -0.4 is 11.1 Å². The summed E-state index contributed by atoms with van der Waals surface area (Å²) in [6.45, 7) is 4.25. The largest absolute Gasteiger partial charge is 0.325 e. The second-order valence-electron chi connectivity index (χ2n) is 5.57. The Bertz CT molecular complexity index is 599. The first kappa shape index (κ1) is 18.2. The molecule has 4 heteroatoms. The van der Waals surface area contributed by atoms with E-state index in [-0.39, 0.29) is 18.3 Å². The van der Waals surface area contributed by atoms with E-state index in [2.05, 4.69) is 25.2 Å². The Kier molecular flexibility index (Phi) is 7.09. The van der Waals surface area contributed by atoms with Crippen LogP contribution in [0.4, 0.5) is 5.69 Å². The zero-order chi connectivity index (χ0) is 15.2. The molecule has 1 amide bonds. The summed E-state index contributed by atoms with van der Waals surface area (Å²) in [6, 6.07) is 17.2. The molecule has 0 aliphatic heterocycles. The number of nitrogens with one attached hydrogen (secondary N) is 1. The van der Waals surface area contributed by atoms with Gasteiger partial charge in [0.2, 0.25) is 5.91 Å². The van der Waals surface area contributed by atoms with Gasteiger partial charge in [0.1, 0.15) is 0 Å². The molecule has 0 aliphatic rings. The summed E-state index contributed by atoms with van der Waals surface area (Å²) >= 11 is 0. The Morgan fingerprint density at radius 3 is 2.41 bits per heavy atom. The summed E-state index contributed by atoms with van der Waals surface area (Å²) in [5.74, 6) is 0.277. The van der Waals surface area contributed by atoms with Crippen molar-refractivity contribution < 1.29 is 4.79 Å². The molecular formula is C18H23ClN2O. The van der Waals surface area contributed by atoms with Crippen molar-refractivity contribution in [2.45, 2.75) is 32.2 Å². The van der Waals surface area contributed by atoms with Crippen LogP contribution in [-0.4, -0.2) is 11.9 Å². The minimum absolute atomic E-state index is 0. The van der Waals surface area contributed by atoms with Crippen LogP contribution in [0.25, 0.3) is 0 Å². The molecule has 0 saturated carbocycles. The number of carbonyl (C=O) groups is 1. The van der Waals surface area contributed by atoms with Crippen LogP contribution in [0.3, 0.4) is 0 Å². The van der Waals surface area contributed by atoms with E-state index in [0.717, 1.165) is 11.3 Å². The van der Waals surface area contributed by atoms with Gasteiger partial charge in [-0.2, -0.15) is 0 Å². The molecule has 2 aromatic rings. The molecule has 0 bridgehead atoms. The molecule has 3 nitrogen and oxygen atoms in total. The SMILES string of the molecule is CC(C)c1cccc(NC(=O)[C@@H](N)Cc2ccccc2)c1.Cl. The molecule has 3 N–H and O–H groups in total. The minimum Gasteiger partial charge on any atom is -0.325 e. The lowest BCUT2D eigenvalue weighted by atomic mass is 10.0. The van der Waals surface area contributed by atoms with E-state index in [4.69, 9.17) is 5.73 Å². The van der Waals surface area contributed by atoms with E-state index in [1.165, 1.54) is 5.56 Å². The van der Waals surface area contributed by atoms with Crippen LogP contribution in [-0.2, 0) is 11.2 Å². The van der Waals surface area contributed by atoms with E-state index < -0.39 is 6.04 Å². The number of benzene rings is 2. The lowest BCUT2D eigenvalue weighted by Gasteiger charge is -2.14. The summed E-state index contributed by atoms with van der Waals surface area (Å²) in [7, 11) is 0. The third-order valence-electron chi connectivity index (χ3n) is 3.46. The second-order valence-corrected chi connectivity index (χ2v) is 5.57. The Labute approximate surface area is 138 Å². The van der Waals surface area contributed by atoms with Gasteiger partial charge in [-0.1, -0.05) is 56.3 Å². The van der Waals surface area contributed by atoms with Crippen molar-refractivity contribution in [3.05, 3.63) is 65.7 Å². The number of rotatable bonds is 5. The number of anilines is 1. The van der Waals surface area contributed by atoms with E-state index in [1.54, 1.807) is 0 Å². The van der Waals surface area contributed by atoms with Crippen molar-refractivity contribution in [3.63, 3.8) is 0 Å². The van der Waals surface area contributed by atoms with Crippen LogP contribution in [0.15, 0.2) is 54.6 Å². The summed E-state index contributed by atoms with van der Waals surface area (Å²) in [6.07, 6.45) is 0.538. The van der Waals surface area contributed by atoms with Gasteiger partial charge in [0.15, 0.2) is 0 Å². The third kappa shape index (κ3) is 5.17.